The number of benzene rings is 1. The molecule has 1 fully saturated rings. The Morgan fingerprint density at radius 2 is 2.08 bits per heavy atom. The first-order chi connectivity index (χ1) is 11.7. The lowest BCUT2D eigenvalue weighted by Crippen LogP contribution is -2.35. The van der Waals surface area contributed by atoms with E-state index in [-0.39, 0.29) is 11.8 Å². The average Bonchev–Trinajstić information content (AvgIpc) is 3.41. The van der Waals surface area contributed by atoms with Gasteiger partial charge in [-0.25, -0.2) is 4.98 Å². The number of nitrogens with zero attached hydrogens (tertiary/aromatic N) is 2. The lowest BCUT2D eigenvalue weighted by molar-refractivity contribution is -0.121. The first kappa shape index (κ1) is 15.2. The van der Waals surface area contributed by atoms with Crippen LogP contribution < -0.4 is 10.2 Å². The molecular weight excluding hydrogens is 322 g/mol. The van der Waals surface area contributed by atoms with Gasteiger partial charge in [-0.1, -0.05) is 23.9 Å². The molecule has 0 bridgehead atoms. The van der Waals surface area contributed by atoms with Crippen LogP contribution in [0.1, 0.15) is 29.6 Å². The summed E-state index contributed by atoms with van der Waals surface area (Å²) in [6, 6.07) is 11.6. The van der Waals surface area contributed by atoms with Gasteiger partial charge in [0.15, 0.2) is 0 Å². The minimum absolute atomic E-state index is 0.000857. The van der Waals surface area contributed by atoms with Crippen molar-refractivity contribution >= 4 is 29.3 Å². The Kier molecular flexibility index (Phi) is 3.98. The summed E-state index contributed by atoms with van der Waals surface area (Å²) in [5, 5.41) is 3.76. The predicted octanol–water partition coefficient (Wildman–Crippen LogP) is 2.86. The molecule has 0 radical (unpaired) electrons. The molecule has 0 atom stereocenters. The van der Waals surface area contributed by atoms with Crippen LogP contribution in [0.3, 0.4) is 0 Å². The first-order valence-electron chi connectivity index (χ1n) is 8.05. The molecule has 1 aromatic heterocycles. The van der Waals surface area contributed by atoms with Gasteiger partial charge in [0.05, 0.1) is 11.3 Å². The predicted molar refractivity (Wildman–Crippen MR) is 92.3 cm³/mol. The van der Waals surface area contributed by atoms with E-state index in [1.165, 1.54) is 11.8 Å². The summed E-state index contributed by atoms with van der Waals surface area (Å²) >= 11 is 1.49. The molecule has 2 amide bonds. The van der Waals surface area contributed by atoms with Crippen LogP contribution in [0.4, 0.5) is 5.69 Å². The number of carbonyl (C=O) groups excluding carboxylic acids is 2. The van der Waals surface area contributed by atoms with E-state index in [4.69, 9.17) is 0 Å². The number of anilines is 1. The Bertz CT molecular complexity index is 804. The zero-order valence-corrected chi connectivity index (χ0v) is 13.9. The molecular formula is C18H17N3O2S. The van der Waals surface area contributed by atoms with Gasteiger partial charge in [-0.15, -0.1) is 0 Å². The highest BCUT2D eigenvalue weighted by Crippen LogP contribution is 2.39. The second-order valence-electron chi connectivity index (χ2n) is 5.97. The van der Waals surface area contributed by atoms with Crippen molar-refractivity contribution in [3.05, 3.63) is 48.2 Å². The Morgan fingerprint density at radius 3 is 2.92 bits per heavy atom. The summed E-state index contributed by atoms with van der Waals surface area (Å²) in [4.78, 5) is 32.0. The summed E-state index contributed by atoms with van der Waals surface area (Å²) in [6.07, 6.45) is 4.14. The van der Waals surface area contributed by atoms with Gasteiger partial charge in [0, 0.05) is 30.1 Å². The maximum atomic E-state index is 13.0. The van der Waals surface area contributed by atoms with Crippen molar-refractivity contribution in [1.29, 1.82) is 0 Å². The third kappa shape index (κ3) is 3.01. The molecule has 2 aliphatic rings. The SMILES string of the molecule is O=C(CCN1C(=O)c2ccccc2Sc2ncccc21)NC1CC1. The van der Waals surface area contributed by atoms with Crippen molar-refractivity contribution in [1.82, 2.24) is 10.3 Å². The fourth-order valence-electron chi connectivity index (χ4n) is 2.72. The third-order valence-electron chi connectivity index (χ3n) is 4.12. The maximum absolute atomic E-state index is 13.0. The van der Waals surface area contributed by atoms with Gasteiger partial charge < -0.3 is 10.2 Å². The van der Waals surface area contributed by atoms with Crippen LogP contribution in [-0.4, -0.2) is 29.4 Å². The maximum Gasteiger partial charge on any atom is 0.259 e. The summed E-state index contributed by atoms with van der Waals surface area (Å²) in [7, 11) is 0. The molecule has 4 rings (SSSR count). The normalized spacial score (nSPS) is 16.2. The lowest BCUT2D eigenvalue weighted by Gasteiger charge is -2.22. The van der Waals surface area contributed by atoms with E-state index in [2.05, 4.69) is 10.3 Å². The number of carbonyl (C=O) groups is 2. The molecule has 1 aliphatic heterocycles. The van der Waals surface area contributed by atoms with Gasteiger partial charge in [0.1, 0.15) is 5.03 Å². The van der Waals surface area contributed by atoms with Crippen molar-refractivity contribution in [2.75, 3.05) is 11.4 Å². The molecule has 5 nitrogen and oxygen atoms in total. The Balaban J connectivity index is 1.63. The number of rotatable bonds is 4. The molecule has 122 valence electrons. The van der Waals surface area contributed by atoms with Gasteiger partial charge in [-0.2, -0.15) is 0 Å². The van der Waals surface area contributed by atoms with Crippen molar-refractivity contribution in [2.45, 2.75) is 35.2 Å². The van der Waals surface area contributed by atoms with Crippen molar-refractivity contribution in [3.63, 3.8) is 0 Å². The van der Waals surface area contributed by atoms with Crippen LogP contribution in [0.5, 0.6) is 0 Å². The van der Waals surface area contributed by atoms with Crippen molar-refractivity contribution in [3.8, 4) is 0 Å². The summed E-state index contributed by atoms with van der Waals surface area (Å²) < 4.78 is 0. The van der Waals surface area contributed by atoms with E-state index in [0.717, 1.165) is 28.5 Å². The van der Waals surface area contributed by atoms with Gasteiger partial charge >= 0.3 is 0 Å². The monoisotopic (exact) mass is 339 g/mol. The Labute approximate surface area is 144 Å². The van der Waals surface area contributed by atoms with Crippen LogP contribution >= 0.6 is 11.8 Å². The molecule has 6 heteroatoms. The highest BCUT2D eigenvalue weighted by molar-refractivity contribution is 7.99. The number of pyridine rings is 1. The lowest BCUT2D eigenvalue weighted by atomic mass is 10.1. The van der Waals surface area contributed by atoms with Crippen LogP contribution in [0.25, 0.3) is 0 Å². The number of fused-ring (bicyclic) bond motifs is 2. The van der Waals surface area contributed by atoms with Crippen molar-refractivity contribution < 1.29 is 9.59 Å². The number of hydrogen-bond acceptors (Lipinski definition) is 4. The summed E-state index contributed by atoms with van der Waals surface area (Å²) in [5.41, 5.74) is 1.42. The summed E-state index contributed by atoms with van der Waals surface area (Å²) in [6.45, 7) is 0.352. The van der Waals surface area contributed by atoms with Gasteiger partial charge in [-0.3, -0.25) is 9.59 Å². The fraction of sp³-hybridized carbons (Fsp3) is 0.278. The molecule has 0 spiro atoms. The summed E-state index contributed by atoms with van der Waals surface area (Å²) in [5.74, 6) is -0.0787. The molecule has 2 aromatic rings. The molecule has 1 aliphatic carbocycles. The first-order valence-corrected chi connectivity index (χ1v) is 8.87. The van der Waals surface area contributed by atoms with E-state index in [1.807, 2.05) is 36.4 Å². The second kappa shape index (κ2) is 6.28. The fourth-order valence-corrected chi connectivity index (χ4v) is 3.74. The number of nitrogens with one attached hydrogen (secondary N) is 1. The van der Waals surface area contributed by atoms with Crippen LogP contribution in [0, 0.1) is 0 Å². The minimum atomic E-state index is -0.0796. The van der Waals surface area contributed by atoms with Gasteiger partial charge in [0.25, 0.3) is 5.91 Å². The zero-order chi connectivity index (χ0) is 16.5. The molecule has 1 saturated carbocycles. The number of amides is 2. The molecule has 1 N–H and O–H groups in total. The Hall–Kier alpha value is -2.34. The van der Waals surface area contributed by atoms with E-state index in [0.29, 0.717) is 24.6 Å². The van der Waals surface area contributed by atoms with E-state index in [9.17, 15) is 9.59 Å². The standard InChI is InChI=1S/C18H17N3O2S/c22-16(20-12-7-8-12)9-11-21-14-5-3-10-19-17(14)24-15-6-2-1-4-13(15)18(21)23/h1-6,10,12H,7-9,11H2,(H,20,22). The third-order valence-corrected chi connectivity index (χ3v) is 5.20. The average molecular weight is 339 g/mol. The van der Waals surface area contributed by atoms with Crippen LogP contribution in [0.2, 0.25) is 0 Å². The van der Waals surface area contributed by atoms with Crippen LogP contribution in [-0.2, 0) is 4.79 Å². The minimum Gasteiger partial charge on any atom is -0.353 e. The molecule has 0 saturated heterocycles. The smallest absolute Gasteiger partial charge is 0.259 e. The quantitative estimate of drug-likeness (QED) is 0.930. The molecule has 2 heterocycles. The highest BCUT2D eigenvalue weighted by atomic mass is 32.2. The molecule has 1 aromatic carbocycles. The molecule has 24 heavy (non-hydrogen) atoms. The van der Waals surface area contributed by atoms with Gasteiger partial charge in [-0.05, 0) is 37.1 Å². The Morgan fingerprint density at radius 1 is 1.25 bits per heavy atom. The van der Waals surface area contributed by atoms with E-state index >= 15 is 0 Å². The van der Waals surface area contributed by atoms with E-state index in [1.54, 1.807) is 11.1 Å². The highest BCUT2D eigenvalue weighted by Gasteiger charge is 2.29. The largest absolute Gasteiger partial charge is 0.353 e. The van der Waals surface area contributed by atoms with Gasteiger partial charge in [0.2, 0.25) is 5.91 Å². The second-order valence-corrected chi connectivity index (χ2v) is 7.01. The zero-order valence-electron chi connectivity index (χ0n) is 13.1. The number of hydrogen-bond donors (Lipinski definition) is 1. The topological polar surface area (TPSA) is 62.3 Å². The van der Waals surface area contributed by atoms with Crippen LogP contribution in [0.15, 0.2) is 52.5 Å². The molecule has 0 unspecified atom stereocenters. The van der Waals surface area contributed by atoms with Crippen molar-refractivity contribution in [2.24, 2.45) is 0 Å². The number of aromatic nitrogens is 1. The van der Waals surface area contributed by atoms with E-state index < -0.39 is 0 Å².